The maximum atomic E-state index is 4.13. The molecule has 0 amide bonds. The average molecular weight is 327 g/mol. The molecule has 3 heteroatoms. The SMILES string of the molecule is Brc1ccc2c(c1)[C@H]1C=CC[C@@H]1[C@@H](c1ccncc1)N2. The predicted molar refractivity (Wildman–Crippen MR) is 84.7 cm³/mol. The number of rotatable bonds is 1. The Kier molecular flexibility index (Phi) is 2.88. The van der Waals surface area contributed by atoms with Gasteiger partial charge in [0.05, 0.1) is 6.04 Å². The zero-order valence-corrected chi connectivity index (χ0v) is 12.5. The number of allylic oxidation sites excluding steroid dienone is 2. The summed E-state index contributed by atoms with van der Waals surface area (Å²) in [5, 5.41) is 3.72. The summed E-state index contributed by atoms with van der Waals surface area (Å²) in [6, 6.07) is 11.1. The van der Waals surface area contributed by atoms with E-state index in [0.29, 0.717) is 17.9 Å². The molecule has 1 aliphatic heterocycles. The van der Waals surface area contributed by atoms with Crippen molar-refractivity contribution in [3.8, 4) is 0 Å². The molecule has 2 heterocycles. The van der Waals surface area contributed by atoms with Gasteiger partial charge in [0.25, 0.3) is 0 Å². The minimum absolute atomic E-state index is 0.367. The Morgan fingerprint density at radius 1 is 1.15 bits per heavy atom. The summed E-state index contributed by atoms with van der Waals surface area (Å²) in [4.78, 5) is 4.13. The van der Waals surface area contributed by atoms with Gasteiger partial charge in [-0.25, -0.2) is 0 Å². The Hall–Kier alpha value is -1.61. The molecule has 1 N–H and O–H groups in total. The first kappa shape index (κ1) is 12.2. The highest BCUT2D eigenvalue weighted by atomic mass is 79.9. The molecule has 2 nitrogen and oxygen atoms in total. The van der Waals surface area contributed by atoms with E-state index in [0.717, 1.165) is 10.9 Å². The topological polar surface area (TPSA) is 24.9 Å². The number of benzene rings is 1. The Labute approximate surface area is 127 Å². The van der Waals surface area contributed by atoms with Crippen LogP contribution in [0.15, 0.2) is 59.4 Å². The van der Waals surface area contributed by atoms with Gasteiger partial charge in [-0.15, -0.1) is 0 Å². The van der Waals surface area contributed by atoms with Crippen LogP contribution >= 0.6 is 15.9 Å². The number of fused-ring (bicyclic) bond motifs is 3. The second-order valence-corrected chi connectivity index (χ2v) is 6.40. The molecule has 100 valence electrons. The lowest BCUT2D eigenvalue weighted by atomic mass is 9.77. The summed E-state index contributed by atoms with van der Waals surface area (Å²) in [7, 11) is 0. The standard InChI is InChI=1S/C17H15BrN2/c18-12-4-5-16-15(10-12)13-2-1-3-14(13)17(20-16)11-6-8-19-9-7-11/h1-2,4-10,13-14,17,20H,3H2/t13-,14-,17+/m0/s1. The molecule has 2 aromatic rings. The average Bonchev–Trinajstić information content (AvgIpc) is 2.97. The van der Waals surface area contributed by atoms with Gasteiger partial charge in [0, 0.05) is 28.5 Å². The Morgan fingerprint density at radius 3 is 2.85 bits per heavy atom. The molecule has 20 heavy (non-hydrogen) atoms. The third kappa shape index (κ3) is 1.88. The summed E-state index contributed by atoms with van der Waals surface area (Å²) in [5.41, 5.74) is 3.98. The summed E-state index contributed by atoms with van der Waals surface area (Å²) in [5.74, 6) is 1.11. The van der Waals surface area contributed by atoms with Crippen LogP contribution in [0.5, 0.6) is 0 Å². The number of hydrogen-bond acceptors (Lipinski definition) is 2. The van der Waals surface area contributed by atoms with Gasteiger partial charge in [0.15, 0.2) is 0 Å². The van der Waals surface area contributed by atoms with Gasteiger partial charge in [0.1, 0.15) is 0 Å². The zero-order valence-electron chi connectivity index (χ0n) is 11.0. The molecule has 2 aliphatic rings. The molecular formula is C17H15BrN2. The molecule has 1 aromatic carbocycles. The van der Waals surface area contributed by atoms with Crippen molar-refractivity contribution < 1.29 is 0 Å². The second-order valence-electron chi connectivity index (χ2n) is 5.49. The molecule has 1 aromatic heterocycles. The van der Waals surface area contributed by atoms with Gasteiger partial charge >= 0.3 is 0 Å². The van der Waals surface area contributed by atoms with Crippen molar-refractivity contribution in [1.82, 2.24) is 4.98 Å². The van der Waals surface area contributed by atoms with E-state index in [9.17, 15) is 0 Å². The van der Waals surface area contributed by atoms with Gasteiger partial charge in [-0.2, -0.15) is 0 Å². The summed E-state index contributed by atoms with van der Waals surface area (Å²) in [6.07, 6.45) is 9.58. The number of aromatic nitrogens is 1. The van der Waals surface area contributed by atoms with Crippen molar-refractivity contribution >= 4 is 21.6 Å². The van der Waals surface area contributed by atoms with E-state index in [2.05, 4.69) is 68.7 Å². The molecule has 0 fully saturated rings. The van der Waals surface area contributed by atoms with E-state index in [4.69, 9.17) is 0 Å². The van der Waals surface area contributed by atoms with Gasteiger partial charge in [-0.3, -0.25) is 4.98 Å². The van der Waals surface area contributed by atoms with Crippen LogP contribution in [0.3, 0.4) is 0 Å². The monoisotopic (exact) mass is 326 g/mol. The molecule has 0 saturated heterocycles. The van der Waals surface area contributed by atoms with Gasteiger partial charge < -0.3 is 5.32 Å². The molecule has 3 atom stereocenters. The molecule has 0 saturated carbocycles. The van der Waals surface area contributed by atoms with Crippen molar-refractivity contribution in [2.45, 2.75) is 18.4 Å². The van der Waals surface area contributed by atoms with E-state index in [-0.39, 0.29) is 0 Å². The molecule has 0 radical (unpaired) electrons. The highest BCUT2D eigenvalue weighted by molar-refractivity contribution is 9.10. The van der Waals surface area contributed by atoms with Crippen molar-refractivity contribution in [1.29, 1.82) is 0 Å². The van der Waals surface area contributed by atoms with Crippen LogP contribution in [0.4, 0.5) is 5.69 Å². The smallest absolute Gasteiger partial charge is 0.0555 e. The molecule has 0 unspecified atom stereocenters. The Bertz CT molecular complexity index is 666. The van der Waals surface area contributed by atoms with Crippen LogP contribution in [0.1, 0.15) is 29.5 Å². The number of halogens is 1. The highest BCUT2D eigenvalue weighted by Crippen LogP contribution is 2.50. The third-order valence-corrected chi connectivity index (χ3v) is 4.88. The fourth-order valence-electron chi connectivity index (χ4n) is 3.47. The predicted octanol–water partition coefficient (Wildman–Crippen LogP) is 4.67. The molecule has 0 spiro atoms. The molecule has 0 bridgehead atoms. The number of nitrogens with zero attached hydrogens (tertiary/aromatic N) is 1. The van der Waals surface area contributed by atoms with E-state index >= 15 is 0 Å². The Morgan fingerprint density at radius 2 is 2.00 bits per heavy atom. The quantitative estimate of drug-likeness (QED) is 0.770. The first-order valence-electron chi connectivity index (χ1n) is 6.95. The van der Waals surface area contributed by atoms with E-state index in [1.54, 1.807) is 0 Å². The highest BCUT2D eigenvalue weighted by Gasteiger charge is 2.37. The molecular weight excluding hydrogens is 312 g/mol. The zero-order chi connectivity index (χ0) is 13.5. The minimum atomic E-state index is 0.367. The lowest BCUT2D eigenvalue weighted by Crippen LogP contribution is -2.29. The van der Waals surface area contributed by atoms with Crippen molar-refractivity contribution in [2.75, 3.05) is 5.32 Å². The number of anilines is 1. The lowest BCUT2D eigenvalue weighted by Gasteiger charge is -2.37. The van der Waals surface area contributed by atoms with Crippen LogP contribution in [-0.4, -0.2) is 4.98 Å². The first-order chi connectivity index (χ1) is 9.83. The van der Waals surface area contributed by atoms with Crippen LogP contribution in [-0.2, 0) is 0 Å². The van der Waals surface area contributed by atoms with Crippen LogP contribution in [0, 0.1) is 5.92 Å². The normalized spacial score (nSPS) is 26.8. The molecule has 1 aliphatic carbocycles. The number of pyridine rings is 1. The number of nitrogens with one attached hydrogen (secondary N) is 1. The van der Waals surface area contributed by atoms with Crippen molar-refractivity contribution in [3.05, 3.63) is 70.5 Å². The fourth-order valence-corrected chi connectivity index (χ4v) is 3.84. The van der Waals surface area contributed by atoms with E-state index in [1.165, 1.54) is 16.8 Å². The summed E-state index contributed by atoms with van der Waals surface area (Å²) < 4.78 is 1.15. The summed E-state index contributed by atoms with van der Waals surface area (Å²) >= 11 is 3.59. The summed E-state index contributed by atoms with van der Waals surface area (Å²) in [6.45, 7) is 0. The van der Waals surface area contributed by atoms with Crippen LogP contribution in [0.25, 0.3) is 0 Å². The Balaban J connectivity index is 1.80. The van der Waals surface area contributed by atoms with Gasteiger partial charge in [0.2, 0.25) is 0 Å². The lowest BCUT2D eigenvalue weighted by molar-refractivity contribution is 0.425. The number of hydrogen-bond donors (Lipinski definition) is 1. The first-order valence-corrected chi connectivity index (χ1v) is 7.75. The molecule has 4 rings (SSSR count). The maximum absolute atomic E-state index is 4.13. The van der Waals surface area contributed by atoms with E-state index in [1.807, 2.05) is 12.4 Å². The van der Waals surface area contributed by atoms with Crippen LogP contribution in [0.2, 0.25) is 0 Å². The largest absolute Gasteiger partial charge is 0.378 e. The van der Waals surface area contributed by atoms with Crippen LogP contribution < -0.4 is 5.32 Å². The van der Waals surface area contributed by atoms with Gasteiger partial charge in [-0.1, -0.05) is 28.1 Å². The maximum Gasteiger partial charge on any atom is 0.0555 e. The van der Waals surface area contributed by atoms with Gasteiger partial charge in [-0.05, 0) is 53.8 Å². The fraction of sp³-hybridized carbons (Fsp3) is 0.235. The minimum Gasteiger partial charge on any atom is -0.378 e. The van der Waals surface area contributed by atoms with Crippen molar-refractivity contribution in [2.24, 2.45) is 5.92 Å². The van der Waals surface area contributed by atoms with Crippen molar-refractivity contribution in [3.63, 3.8) is 0 Å². The third-order valence-electron chi connectivity index (χ3n) is 4.39. The van der Waals surface area contributed by atoms with E-state index < -0.39 is 0 Å². The second kappa shape index (κ2) is 4.74.